The summed E-state index contributed by atoms with van der Waals surface area (Å²) in [7, 11) is 3.27. The average Bonchev–Trinajstić information content (AvgIpc) is 3.29. The van der Waals surface area contributed by atoms with E-state index in [4.69, 9.17) is 14.2 Å². The molecular weight excluding hydrogens is 941 g/mol. The summed E-state index contributed by atoms with van der Waals surface area (Å²) in [4.78, 5) is 29.7. The number of rotatable bonds is 18. The first kappa shape index (κ1) is 62.6. The Hall–Kier alpha value is -5.36. The molecule has 4 rings (SSSR count). The highest BCUT2D eigenvalue weighted by molar-refractivity contribution is 7.92. The van der Waals surface area contributed by atoms with Crippen LogP contribution in [0.2, 0.25) is 0 Å². The van der Waals surface area contributed by atoms with E-state index in [1.807, 2.05) is 85.4 Å². The highest BCUT2D eigenvalue weighted by Crippen LogP contribution is 2.28. The minimum Gasteiger partial charge on any atom is -0.378 e. The second-order valence-electron chi connectivity index (χ2n) is 13.8. The van der Waals surface area contributed by atoms with Gasteiger partial charge in [-0.1, -0.05) is 98.1 Å². The number of nitrogens with zero attached hydrogens (tertiary/aromatic N) is 4. The molecule has 0 atom stereocenters. The van der Waals surface area contributed by atoms with Crippen LogP contribution in [0.25, 0.3) is 11.1 Å². The smallest absolute Gasteiger partial charge is 0.378 e. The molecule has 4 aromatic rings. The van der Waals surface area contributed by atoms with Crippen molar-refractivity contribution in [3.63, 3.8) is 0 Å². The van der Waals surface area contributed by atoms with Crippen molar-refractivity contribution in [3.05, 3.63) is 145 Å². The zero-order valence-electron chi connectivity index (χ0n) is 39.3. The maximum absolute atomic E-state index is 12.2. The van der Waals surface area contributed by atoms with E-state index in [1.165, 1.54) is 33.6 Å². The number of benzene rings is 4. The Balaban J connectivity index is 0.000000904. The van der Waals surface area contributed by atoms with Gasteiger partial charge in [0, 0.05) is 81.9 Å². The second-order valence-corrected chi connectivity index (χ2v) is 16.6. The maximum atomic E-state index is 12.2. The van der Waals surface area contributed by atoms with Crippen LogP contribution in [0, 0.1) is 0 Å². The normalized spacial score (nSPS) is 10.9. The van der Waals surface area contributed by atoms with Crippen LogP contribution in [0.1, 0.15) is 49.4 Å². The molecule has 0 heterocycles. The van der Waals surface area contributed by atoms with E-state index in [0.717, 1.165) is 18.2 Å². The third-order valence-electron chi connectivity index (χ3n) is 8.55. The predicted molar refractivity (Wildman–Crippen MR) is 256 cm³/mol. The molecule has 0 saturated carbocycles. The number of halogens is 6. The monoisotopic (exact) mass is 999 g/mol. The molecule has 22 heteroatoms. The molecule has 68 heavy (non-hydrogen) atoms. The number of anilines is 2. The Labute approximate surface area is 402 Å². The van der Waals surface area contributed by atoms with Gasteiger partial charge in [-0.05, 0) is 78.4 Å². The van der Waals surface area contributed by atoms with Crippen molar-refractivity contribution >= 4 is 65.0 Å². The van der Waals surface area contributed by atoms with E-state index in [9.17, 15) is 44.3 Å². The largest absolute Gasteiger partial charge is 0.550 e. The van der Waals surface area contributed by atoms with Crippen LogP contribution in [0.3, 0.4) is 0 Å². The molecule has 0 aliphatic carbocycles. The van der Waals surface area contributed by atoms with Crippen molar-refractivity contribution in [2.45, 2.75) is 45.5 Å². The Morgan fingerprint density at radius 2 is 0.926 bits per heavy atom. The van der Waals surface area contributed by atoms with Crippen LogP contribution >= 0.6 is 12.2 Å². The van der Waals surface area contributed by atoms with Gasteiger partial charge in [-0.3, -0.25) is 13.9 Å². The van der Waals surface area contributed by atoms with Gasteiger partial charge in [-0.2, -0.15) is 21.6 Å². The number of sulfonamides is 1. The number of ether oxygens (including phenoxy) is 3. The number of amides is 2. The third-order valence-corrected chi connectivity index (χ3v) is 10.6. The summed E-state index contributed by atoms with van der Waals surface area (Å²) < 4.78 is 111. The van der Waals surface area contributed by atoms with E-state index in [0.29, 0.717) is 19.8 Å². The number of hydrogen-bond acceptors (Lipinski definition) is 12. The van der Waals surface area contributed by atoms with E-state index in [-0.39, 0.29) is 32.0 Å². The first-order valence-corrected chi connectivity index (χ1v) is 22.3. The highest BCUT2D eigenvalue weighted by atomic mass is 32.2. The van der Waals surface area contributed by atoms with Gasteiger partial charge in [0.05, 0.1) is 0 Å². The molecule has 2 amide bonds. The van der Waals surface area contributed by atoms with Gasteiger partial charge >= 0.3 is 21.9 Å². The first-order valence-electron chi connectivity index (χ1n) is 20.1. The molecule has 0 saturated heterocycles. The fourth-order valence-corrected chi connectivity index (χ4v) is 5.86. The van der Waals surface area contributed by atoms with Crippen molar-refractivity contribution in [2.75, 3.05) is 71.9 Å². The summed E-state index contributed by atoms with van der Waals surface area (Å²) in [6.45, 7) is 15.4. The Kier molecular flexibility index (Phi) is 28.5. The molecule has 0 aliphatic heterocycles. The van der Waals surface area contributed by atoms with Crippen LogP contribution in [-0.4, -0.2) is 118 Å². The van der Waals surface area contributed by atoms with Crippen molar-refractivity contribution in [1.29, 1.82) is 0 Å². The molecule has 0 unspecified atom stereocenters. The van der Waals surface area contributed by atoms with Gasteiger partial charge in [0.25, 0.3) is 6.48 Å². The lowest BCUT2D eigenvalue weighted by Crippen LogP contribution is -2.43. The average molecular weight is 1000 g/mol. The highest BCUT2D eigenvalue weighted by Gasteiger charge is 2.50. The summed E-state index contributed by atoms with van der Waals surface area (Å²) in [6.07, 6.45) is -6.54. The maximum Gasteiger partial charge on any atom is 0.550 e. The molecule has 373 valence electrons. The zero-order chi connectivity index (χ0) is 51.0. The molecule has 0 aliphatic rings. The van der Waals surface area contributed by atoms with Crippen molar-refractivity contribution < 1.29 is 67.8 Å². The number of alkyl halides is 6. The molecule has 0 N–H and O–H groups in total. The van der Waals surface area contributed by atoms with Gasteiger partial charge in [-0.25, -0.2) is 4.31 Å². The van der Waals surface area contributed by atoms with Crippen molar-refractivity contribution in [3.8, 4) is 0 Å². The third kappa shape index (κ3) is 22.6. The molecular formula is C46H58BF6N4O9S2. The SMILES string of the molecule is C=C(c1ccccc1)c1ccc(N(C)C)cc1.C=C(c1ccccc1)c1ccc(N(C)C)cc1.CCOC(OCC)OCC.CN(SOOC(F)(F)F)C(=O)CC(=O)N(C)S(=O)(=O)C(F)(F)F.[B]. The van der Waals surface area contributed by atoms with Gasteiger partial charge in [-0.15, -0.1) is 22.4 Å². The molecule has 0 bridgehead atoms. The minimum atomic E-state index is -5.98. The molecule has 4 aromatic carbocycles. The predicted octanol–water partition coefficient (Wildman–Crippen LogP) is 9.80. The van der Waals surface area contributed by atoms with Gasteiger partial charge in [0.1, 0.15) is 6.42 Å². The zero-order valence-corrected chi connectivity index (χ0v) is 41.0. The number of carbonyl (C=O) groups excluding carboxylic acids is 2. The molecule has 0 fully saturated rings. The van der Waals surface area contributed by atoms with E-state index < -0.39 is 50.9 Å². The summed E-state index contributed by atoms with van der Waals surface area (Å²) in [5.74, 6) is -3.09. The Bertz CT molecular complexity index is 2090. The number of hydrogen-bond donors (Lipinski definition) is 0. The van der Waals surface area contributed by atoms with Crippen LogP contribution in [0.4, 0.5) is 37.7 Å². The lowest BCUT2D eigenvalue weighted by Gasteiger charge is -2.20. The van der Waals surface area contributed by atoms with Crippen LogP contribution in [-0.2, 0) is 43.0 Å². The van der Waals surface area contributed by atoms with E-state index in [2.05, 4.69) is 105 Å². The first-order chi connectivity index (χ1) is 31.3. The lowest BCUT2D eigenvalue weighted by atomic mass is 9.99. The summed E-state index contributed by atoms with van der Waals surface area (Å²) >= 11 is -0.323. The fourth-order valence-electron chi connectivity index (χ4n) is 4.87. The van der Waals surface area contributed by atoms with Gasteiger partial charge in [0.2, 0.25) is 11.8 Å². The van der Waals surface area contributed by atoms with Gasteiger partial charge in [0.15, 0.2) is 12.2 Å². The van der Waals surface area contributed by atoms with Crippen LogP contribution in [0.15, 0.2) is 122 Å². The van der Waals surface area contributed by atoms with Crippen LogP contribution < -0.4 is 9.80 Å². The molecule has 3 radical (unpaired) electrons. The lowest BCUT2D eigenvalue weighted by molar-refractivity contribution is -0.440. The Morgan fingerprint density at radius 3 is 1.22 bits per heavy atom. The standard InChI is InChI=1S/2C16H17N.C7H8F6N2O6S2.C7H16O3.B/c2*1-13(14-7-5-4-6-8-14)15-9-11-16(12-10-15)17(2)3;1-14(22-21-20-6(8,9)10)4(16)3-5(17)15(2)23(18,19)7(11,12)13;1-4-8-7(9-5-2)10-6-3;/h2*4-12H,1H2,2-3H3;3H2,1-2H3;7H,4-6H2,1-3H3;. The second kappa shape index (κ2) is 30.9. The fraction of sp³-hybridized carbons (Fsp3) is 0.348. The van der Waals surface area contributed by atoms with E-state index in [1.54, 1.807) is 0 Å². The van der Waals surface area contributed by atoms with Gasteiger partial charge < -0.3 is 24.0 Å². The molecule has 0 aromatic heterocycles. The number of carbonyl (C=O) groups is 2. The molecule has 0 spiro atoms. The van der Waals surface area contributed by atoms with Crippen molar-refractivity contribution in [1.82, 2.24) is 8.61 Å². The summed E-state index contributed by atoms with van der Waals surface area (Å²) in [5.41, 5.74) is 3.46. The van der Waals surface area contributed by atoms with Crippen molar-refractivity contribution in [2.24, 2.45) is 0 Å². The topological polar surface area (TPSA) is 127 Å². The van der Waals surface area contributed by atoms with E-state index >= 15 is 0 Å². The summed E-state index contributed by atoms with van der Waals surface area (Å²) in [5, 5.41) is 0. The minimum absolute atomic E-state index is 0. The van der Waals surface area contributed by atoms with Crippen LogP contribution in [0.5, 0.6) is 0 Å². The summed E-state index contributed by atoms with van der Waals surface area (Å²) in [6, 6.07) is 37.4. The quantitative estimate of drug-likeness (QED) is 0.0138. The molecule has 13 nitrogen and oxygen atoms in total. The Morgan fingerprint density at radius 1 is 0.588 bits per heavy atom.